The lowest BCUT2D eigenvalue weighted by atomic mass is 9.91. The van der Waals surface area contributed by atoms with Gasteiger partial charge in [-0.3, -0.25) is 0 Å². The molecule has 1 atom stereocenters. The third-order valence-electron chi connectivity index (χ3n) is 2.90. The number of hydrogen-bond acceptors (Lipinski definition) is 2. The van der Waals surface area contributed by atoms with Gasteiger partial charge in [-0.1, -0.05) is 19.1 Å². The predicted molar refractivity (Wildman–Crippen MR) is 65.9 cm³/mol. The summed E-state index contributed by atoms with van der Waals surface area (Å²) in [4.78, 5) is 11.0. The number of hydrogen-bond donors (Lipinski definition) is 0. The van der Waals surface area contributed by atoms with E-state index in [2.05, 4.69) is 19.1 Å². The molecule has 1 rings (SSSR count). The van der Waals surface area contributed by atoms with Gasteiger partial charge in [0, 0.05) is 6.42 Å². The van der Waals surface area contributed by atoms with E-state index in [4.69, 9.17) is 4.74 Å². The Morgan fingerprint density at radius 1 is 1.44 bits per heavy atom. The van der Waals surface area contributed by atoms with Gasteiger partial charge >= 0.3 is 0 Å². The van der Waals surface area contributed by atoms with Crippen LogP contribution in [0.5, 0.6) is 5.75 Å². The summed E-state index contributed by atoms with van der Waals surface area (Å²) in [5.74, 6) is 1.61. The summed E-state index contributed by atoms with van der Waals surface area (Å²) >= 11 is 0. The fourth-order valence-corrected chi connectivity index (χ4v) is 1.88. The Morgan fingerprint density at radius 2 is 2.19 bits per heavy atom. The Labute approximate surface area is 97.6 Å². The second-order valence-corrected chi connectivity index (χ2v) is 4.12. The predicted octanol–water partition coefficient (Wildman–Crippen LogP) is 3.56. The number of carbonyl (C=O) groups excluding carboxylic acids is 1. The molecule has 0 aromatic heterocycles. The fraction of sp³-hybridized carbons (Fsp3) is 0.500. The molecule has 88 valence electrons. The van der Waals surface area contributed by atoms with Crippen LogP contribution in [0.2, 0.25) is 0 Å². The summed E-state index contributed by atoms with van der Waals surface area (Å²) in [5, 5.41) is 0. The van der Waals surface area contributed by atoms with Crippen LogP contribution in [0.25, 0.3) is 0 Å². The van der Waals surface area contributed by atoms with Crippen molar-refractivity contribution >= 4 is 5.78 Å². The van der Waals surface area contributed by atoms with E-state index >= 15 is 0 Å². The third kappa shape index (κ3) is 3.69. The van der Waals surface area contributed by atoms with Crippen LogP contribution in [0.4, 0.5) is 0 Å². The van der Waals surface area contributed by atoms with Crippen molar-refractivity contribution in [1.82, 2.24) is 0 Å². The molecule has 0 bridgehead atoms. The van der Waals surface area contributed by atoms with Gasteiger partial charge in [-0.2, -0.15) is 0 Å². The van der Waals surface area contributed by atoms with Crippen molar-refractivity contribution in [2.45, 2.75) is 39.0 Å². The number of methoxy groups -OCH3 is 1. The molecule has 0 radical (unpaired) electrons. The molecule has 2 heteroatoms. The average Bonchev–Trinajstić information content (AvgIpc) is 2.30. The van der Waals surface area contributed by atoms with E-state index in [0.717, 1.165) is 18.6 Å². The lowest BCUT2D eigenvalue weighted by Gasteiger charge is -2.15. The Morgan fingerprint density at radius 3 is 2.75 bits per heavy atom. The van der Waals surface area contributed by atoms with E-state index in [9.17, 15) is 4.79 Å². The fourth-order valence-electron chi connectivity index (χ4n) is 1.88. The summed E-state index contributed by atoms with van der Waals surface area (Å²) in [6.45, 7) is 3.81. The van der Waals surface area contributed by atoms with Gasteiger partial charge in [0.05, 0.1) is 7.11 Å². The van der Waals surface area contributed by atoms with Gasteiger partial charge in [-0.25, -0.2) is 0 Å². The summed E-state index contributed by atoms with van der Waals surface area (Å²) in [6, 6.07) is 8.12. The number of Topliss-reactive ketones (excluding diaryl/α,β-unsaturated/α-hetero) is 1. The number of ether oxygens (including phenoxy) is 1. The Hall–Kier alpha value is -1.31. The molecular weight excluding hydrogens is 200 g/mol. The maximum Gasteiger partial charge on any atom is 0.129 e. The van der Waals surface area contributed by atoms with Crippen molar-refractivity contribution < 1.29 is 9.53 Å². The molecule has 0 aliphatic heterocycles. The van der Waals surface area contributed by atoms with Crippen molar-refractivity contribution in [1.29, 1.82) is 0 Å². The summed E-state index contributed by atoms with van der Waals surface area (Å²) in [7, 11) is 1.68. The molecule has 0 heterocycles. The molecule has 0 aliphatic rings. The van der Waals surface area contributed by atoms with Crippen LogP contribution in [0, 0.1) is 0 Å². The average molecular weight is 220 g/mol. The van der Waals surface area contributed by atoms with Gasteiger partial charge < -0.3 is 9.53 Å². The summed E-state index contributed by atoms with van der Waals surface area (Å²) < 4.78 is 5.21. The molecule has 0 saturated carbocycles. The molecule has 1 unspecified atom stereocenters. The summed E-state index contributed by atoms with van der Waals surface area (Å²) in [6.07, 6.45) is 2.65. The van der Waals surface area contributed by atoms with Crippen molar-refractivity contribution in [2.75, 3.05) is 7.11 Å². The minimum absolute atomic E-state index is 0.265. The highest BCUT2D eigenvalue weighted by Gasteiger charge is 2.10. The van der Waals surface area contributed by atoms with Crippen LogP contribution in [-0.4, -0.2) is 12.9 Å². The lowest BCUT2D eigenvalue weighted by Crippen LogP contribution is -2.01. The first-order valence-electron chi connectivity index (χ1n) is 5.80. The van der Waals surface area contributed by atoms with Gasteiger partial charge in [-0.05, 0) is 43.4 Å². The van der Waals surface area contributed by atoms with Crippen LogP contribution in [-0.2, 0) is 4.79 Å². The van der Waals surface area contributed by atoms with Crippen LogP contribution in [0.15, 0.2) is 24.3 Å². The zero-order chi connectivity index (χ0) is 12.0. The second-order valence-electron chi connectivity index (χ2n) is 4.12. The molecule has 0 amide bonds. The van der Waals surface area contributed by atoms with Gasteiger partial charge in [0.2, 0.25) is 0 Å². The van der Waals surface area contributed by atoms with Gasteiger partial charge in [0.1, 0.15) is 11.5 Å². The maximum atomic E-state index is 11.0. The Bertz CT molecular complexity index is 344. The maximum absolute atomic E-state index is 11.0. The third-order valence-corrected chi connectivity index (χ3v) is 2.90. The van der Waals surface area contributed by atoms with Crippen molar-refractivity contribution in [3.8, 4) is 5.75 Å². The summed E-state index contributed by atoms with van der Waals surface area (Å²) in [5.41, 5.74) is 1.27. The highest BCUT2D eigenvalue weighted by Crippen LogP contribution is 2.27. The number of ketones is 1. The van der Waals surface area contributed by atoms with Crippen molar-refractivity contribution in [2.24, 2.45) is 0 Å². The molecule has 0 N–H and O–H groups in total. The topological polar surface area (TPSA) is 26.3 Å². The molecule has 0 aliphatic carbocycles. The van der Waals surface area contributed by atoms with Gasteiger partial charge in [0.15, 0.2) is 0 Å². The number of rotatable bonds is 6. The first kappa shape index (κ1) is 12.8. The van der Waals surface area contributed by atoms with Crippen molar-refractivity contribution in [3.05, 3.63) is 29.8 Å². The van der Waals surface area contributed by atoms with E-state index in [1.807, 2.05) is 12.1 Å². The van der Waals surface area contributed by atoms with Gasteiger partial charge in [-0.15, -0.1) is 0 Å². The van der Waals surface area contributed by atoms with E-state index in [1.54, 1.807) is 14.0 Å². The molecule has 2 nitrogen and oxygen atoms in total. The largest absolute Gasteiger partial charge is 0.497 e. The SMILES string of the molecule is CCC(CCC(C)=O)c1cccc(OC)c1. The molecule has 1 aromatic carbocycles. The van der Waals surface area contributed by atoms with Crippen LogP contribution >= 0.6 is 0 Å². The Kier molecular flexibility index (Phi) is 5.03. The van der Waals surface area contributed by atoms with E-state index in [0.29, 0.717) is 12.3 Å². The molecule has 0 fully saturated rings. The van der Waals surface area contributed by atoms with E-state index in [-0.39, 0.29) is 5.78 Å². The monoisotopic (exact) mass is 220 g/mol. The lowest BCUT2D eigenvalue weighted by molar-refractivity contribution is -0.117. The molecule has 1 aromatic rings. The second kappa shape index (κ2) is 6.31. The zero-order valence-corrected chi connectivity index (χ0v) is 10.3. The first-order valence-corrected chi connectivity index (χ1v) is 5.80. The normalized spacial score (nSPS) is 12.2. The highest BCUT2D eigenvalue weighted by atomic mass is 16.5. The molecular formula is C14H20O2. The number of benzene rings is 1. The van der Waals surface area contributed by atoms with Crippen molar-refractivity contribution in [3.63, 3.8) is 0 Å². The molecule has 16 heavy (non-hydrogen) atoms. The standard InChI is InChI=1S/C14H20O2/c1-4-12(9-8-11(2)15)13-6-5-7-14(10-13)16-3/h5-7,10,12H,4,8-9H2,1-3H3. The quantitative estimate of drug-likeness (QED) is 0.732. The van der Waals surface area contributed by atoms with Gasteiger partial charge in [0.25, 0.3) is 0 Å². The molecule has 0 saturated heterocycles. The smallest absolute Gasteiger partial charge is 0.129 e. The van der Waals surface area contributed by atoms with E-state index in [1.165, 1.54) is 5.56 Å². The van der Waals surface area contributed by atoms with E-state index < -0.39 is 0 Å². The Balaban J connectivity index is 2.73. The zero-order valence-electron chi connectivity index (χ0n) is 10.3. The van der Waals surface area contributed by atoms with Crippen LogP contribution in [0.1, 0.15) is 44.6 Å². The number of carbonyl (C=O) groups is 1. The van der Waals surface area contributed by atoms with Crippen LogP contribution < -0.4 is 4.74 Å². The molecule has 0 spiro atoms. The first-order chi connectivity index (χ1) is 7.67. The minimum atomic E-state index is 0.265. The van der Waals surface area contributed by atoms with Crippen LogP contribution in [0.3, 0.4) is 0 Å². The highest BCUT2D eigenvalue weighted by molar-refractivity contribution is 5.75. The minimum Gasteiger partial charge on any atom is -0.497 e.